The molecule has 2 rings (SSSR count). The summed E-state index contributed by atoms with van der Waals surface area (Å²) in [6.07, 6.45) is 5.26. The first kappa shape index (κ1) is 12.7. The summed E-state index contributed by atoms with van der Waals surface area (Å²) in [6.45, 7) is 2.29. The van der Waals surface area contributed by atoms with E-state index in [0.717, 1.165) is 21.8 Å². The number of hydrogen-bond donors (Lipinski definition) is 1. The minimum absolute atomic E-state index is 0.630. The van der Waals surface area contributed by atoms with Crippen LogP contribution in [0.2, 0.25) is 0 Å². The Morgan fingerprint density at radius 2 is 2.24 bits per heavy atom. The van der Waals surface area contributed by atoms with Crippen molar-refractivity contribution in [1.29, 1.82) is 0 Å². The molecule has 1 aromatic rings. The van der Waals surface area contributed by atoms with Crippen LogP contribution in [-0.2, 0) is 0 Å². The van der Waals surface area contributed by atoms with E-state index in [1.165, 1.54) is 25.7 Å². The van der Waals surface area contributed by atoms with Crippen LogP contribution in [0.3, 0.4) is 0 Å². The van der Waals surface area contributed by atoms with Gasteiger partial charge in [-0.3, -0.25) is 0 Å². The Hall–Kier alpha value is -0.700. The van der Waals surface area contributed by atoms with Gasteiger partial charge in [0.1, 0.15) is 5.75 Å². The molecule has 0 aliphatic heterocycles. The van der Waals surface area contributed by atoms with Crippen LogP contribution < -0.4 is 10.1 Å². The molecule has 2 unspecified atom stereocenters. The number of rotatable bonds is 4. The number of halogens is 1. The van der Waals surface area contributed by atoms with Gasteiger partial charge in [0.05, 0.1) is 11.6 Å². The normalized spacial score (nSPS) is 23.7. The molecule has 1 aliphatic carbocycles. The number of ether oxygens (including phenoxy) is 1. The molecule has 1 aromatic carbocycles. The van der Waals surface area contributed by atoms with Crippen molar-refractivity contribution in [2.24, 2.45) is 5.92 Å². The predicted octanol–water partition coefficient (Wildman–Crippen LogP) is 4.45. The lowest BCUT2D eigenvalue weighted by Gasteiger charge is -2.15. The summed E-state index contributed by atoms with van der Waals surface area (Å²) in [7, 11) is 1.70. The first-order valence-corrected chi connectivity index (χ1v) is 7.12. The van der Waals surface area contributed by atoms with Crippen molar-refractivity contribution >= 4 is 21.6 Å². The van der Waals surface area contributed by atoms with Gasteiger partial charge < -0.3 is 10.1 Å². The standard InChI is InChI=1S/C14H20BrNO/c1-3-10-4-5-11(8-10)16-12-6-7-13(15)14(9-12)17-2/h6-7,9-11,16H,3-5,8H2,1-2H3. The second-order valence-corrected chi connectivity index (χ2v) is 5.63. The zero-order valence-electron chi connectivity index (χ0n) is 10.5. The molecule has 3 heteroatoms. The van der Waals surface area contributed by atoms with Gasteiger partial charge in [0.2, 0.25) is 0 Å². The largest absolute Gasteiger partial charge is 0.495 e. The van der Waals surface area contributed by atoms with E-state index in [1.807, 2.05) is 6.07 Å². The molecule has 1 aliphatic rings. The van der Waals surface area contributed by atoms with Gasteiger partial charge in [-0.25, -0.2) is 0 Å². The third-order valence-electron chi connectivity index (χ3n) is 3.64. The first-order valence-electron chi connectivity index (χ1n) is 6.33. The number of hydrogen-bond acceptors (Lipinski definition) is 2. The van der Waals surface area contributed by atoms with E-state index in [9.17, 15) is 0 Å². The maximum Gasteiger partial charge on any atom is 0.135 e. The third-order valence-corrected chi connectivity index (χ3v) is 4.30. The molecule has 1 N–H and O–H groups in total. The van der Waals surface area contributed by atoms with Crippen molar-refractivity contribution in [3.8, 4) is 5.75 Å². The van der Waals surface area contributed by atoms with Crippen LogP contribution in [0.25, 0.3) is 0 Å². The number of anilines is 1. The molecular weight excluding hydrogens is 278 g/mol. The second-order valence-electron chi connectivity index (χ2n) is 4.78. The highest BCUT2D eigenvalue weighted by Gasteiger charge is 2.23. The molecule has 1 saturated carbocycles. The molecular formula is C14H20BrNO. The summed E-state index contributed by atoms with van der Waals surface area (Å²) in [5, 5.41) is 3.61. The van der Waals surface area contributed by atoms with Crippen LogP contribution in [0.5, 0.6) is 5.75 Å². The van der Waals surface area contributed by atoms with Crippen molar-refractivity contribution in [2.75, 3.05) is 12.4 Å². The van der Waals surface area contributed by atoms with E-state index in [0.29, 0.717) is 6.04 Å². The Balaban J connectivity index is 1.99. The Bertz CT molecular complexity index is 380. The van der Waals surface area contributed by atoms with Gasteiger partial charge in [-0.05, 0) is 53.2 Å². The highest BCUT2D eigenvalue weighted by molar-refractivity contribution is 9.10. The van der Waals surface area contributed by atoms with Gasteiger partial charge in [0, 0.05) is 17.8 Å². The molecule has 2 atom stereocenters. The monoisotopic (exact) mass is 297 g/mol. The fourth-order valence-electron chi connectivity index (χ4n) is 2.56. The molecule has 2 nitrogen and oxygen atoms in total. The highest BCUT2D eigenvalue weighted by Crippen LogP contribution is 2.32. The fraction of sp³-hybridized carbons (Fsp3) is 0.571. The summed E-state index contributed by atoms with van der Waals surface area (Å²) in [5.74, 6) is 1.80. The van der Waals surface area contributed by atoms with Crippen molar-refractivity contribution in [3.63, 3.8) is 0 Å². The topological polar surface area (TPSA) is 21.3 Å². The maximum absolute atomic E-state index is 5.31. The molecule has 17 heavy (non-hydrogen) atoms. The Morgan fingerprint density at radius 1 is 1.41 bits per heavy atom. The van der Waals surface area contributed by atoms with Crippen molar-refractivity contribution < 1.29 is 4.74 Å². The van der Waals surface area contributed by atoms with E-state index in [1.54, 1.807) is 7.11 Å². The summed E-state index contributed by atoms with van der Waals surface area (Å²) in [6, 6.07) is 6.83. The fourth-order valence-corrected chi connectivity index (χ4v) is 2.97. The van der Waals surface area contributed by atoms with Crippen molar-refractivity contribution in [3.05, 3.63) is 22.7 Å². The molecule has 0 saturated heterocycles. The van der Waals surface area contributed by atoms with Gasteiger partial charge >= 0.3 is 0 Å². The number of benzene rings is 1. The zero-order valence-corrected chi connectivity index (χ0v) is 12.1. The van der Waals surface area contributed by atoms with Gasteiger partial charge in [0.15, 0.2) is 0 Å². The minimum Gasteiger partial charge on any atom is -0.495 e. The molecule has 1 fully saturated rings. The molecule has 94 valence electrons. The summed E-state index contributed by atoms with van der Waals surface area (Å²) in [5.41, 5.74) is 1.16. The van der Waals surface area contributed by atoms with Gasteiger partial charge in [-0.1, -0.05) is 13.3 Å². The zero-order chi connectivity index (χ0) is 12.3. The molecule has 0 aromatic heterocycles. The SMILES string of the molecule is CCC1CCC(Nc2ccc(Br)c(OC)c2)C1. The molecule has 0 heterocycles. The van der Waals surface area contributed by atoms with Crippen LogP contribution in [0.4, 0.5) is 5.69 Å². The summed E-state index contributed by atoms with van der Waals surface area (Å²) >= 11 is 3.47. The van der Waals surface area contributed by atoms with Crippen LogP contribution in [0.15, 0.2) is 22.7 Å². The van der Waals surface area contributed by atoms with Gasteiger partial charge in [-0.2, -0.15) is 0 Å². The van der Waals surface area contributed by atoms with E-state index in [-0.39, 0.29) is 0 Å². The highest BCUT2D eigenvalue weighted by atomic mass is 79.9. The summed E-state index contributed by atoms with van der Waals surface area (Å²) in [4.78, 5) is 0. The average molecular weight is 298 g/mol. The third kappa shape index (κ3) is 3.15. The van der Waals surface area contributed by atoms with Gasteiger partial charge in [-0.15, -0.1) is 0 Å². The van der Waals surface area contributed by atoms with Gasteiger partial charge in [0.25, 0.3) is 0 Å². The minimum atomic E-state index is 0.630. The van der Waals surface area contributed by atoms with E-state index in [4.69, 9.17) is 4.74 Å². The van der Waals surface area contributed by atoms with E-state index < -0.39 is 0 Å². The lowest BCUT2D eigenvalue weighted by atomic mass is 10.1. The van der Waals surface area contributed by atoms with Crippen LogP contribution in [-0.4, -0.2) is 13.2 Å². The molecule has 0 radical (unpaired) electrons. The van der Waals surface area contributed by atoms with Crippen LogP contribution >= 0.6 is 15.9 Å². The Kier molecular flexibility index (Phi) is 4.32. The summed E-state index contributed by atoms with van der Waals surface area (Å²) < 4.78 is 6.31. The maximum atomic E-state index is 5.31. The average Bonchev–Trinajstić information content (AvgIpc) is 2.79. The lowest BCUT2D eigenvalue weighted by Crippen LogP contribution is -2.15. The van der Waals surface area contributed by atoms with E-state index in [2.05, 4.69) is 40.3 Å². The smallest absolute Gasteiger partial charge is 0.135 e. The molecule has 0 spiro atoms. The number of methoxy groups -OCH3 is 1. The van der Waals surface area contributed by atoms with Crippen molar-refractivity contribution in [1.82, 2.24) is 0 Å². The quantitative estimate of drug-likeness (QED) is 0.886. The second kappa shape index (κ2) is 5.76. The Morgan fingerprint density at radius 3 is 2.88 bits per heavy atom. The van der Waals surface area contributed by atoms with Crippen molar-refractivity contribution in [2.45, 2.75) is 38.6 Å². The van der Waals surface area contributed by atoms with Crippen LogP contribution in [0, 0.1) is 5.92 Å². The van der Waals surface area contributed by atoms with Crippen LogP contribution in [0.1, 0.15) is 32.6 Å². The number of nitrogens with one attached hydrogen (secondary N) is 1. The molecule has 0 bridgehead atoms. The predicted molar refractivity (Wildman–Crippen MR) is 75.7 cm³/mol. The lowest BCUT2D eigenvalue weighted by molar-refractivity contribution is 0.412. The first-order chi connectivity index (χ1) is 8.22. The van der Waals surface area contributed by atoms with E-state index >= 15 is 0 Å². The molecule has 0 amide bonds. The Labute approximate surface area is 112 Å².